The van der Waals surface area contributed by atoms with Crippen molar-refractivity contribution in [2.24, 2.45) is 0 Å². The number of hydrogen-bond acceptors (Lipinski definition) is 4. The lowest BCUT2D eigenvalue weighted by atomic mass is 9.86. The Labute approximate surface area is 102 Å². The predicted molar refractivity (Wildman–Crippen MR) is 55.9 cm³/mol. The Morgan fingerprint density at radius 1 is 1.28 bits per heavy atom. The van der Waals surface area contributed by atoms with Crippen molar-refractivity contribution in [1.82, 2.24) is 10.1 Å². The van der Waals surface area contributed by atoms with Crippen LogP contribution in [-0.2, 0) is 6.42 Å². The van der Waals surface area contributed by atoms with Gasteiger partial charge in [-0.25, -0.2) is 0 Å². The summed E-state index contributed by atoms with van der Waals surface area (Å²) >= 11 is 0. The molecule has 1 aromatic heterocycles. The Morgan fingerprint density at radius 2 is 2.00 bits per heavy atom. The number of nitrogens with zero attached hydrogens (tertiary/aromatic N) is 2. The lowest BCUT2D eigenvalue weighted by molar-refractivity contribution is -0.134. The molecule has 1 aliphatic rings. The van der Waals surface area contributed by atoms with E-state index in [-0.39, 0.29) is 24.1 Å². The maximum atomic E-state index is 12.0. The molecule has 0 amide bonds. The van der Waals surface area contributed by atoms with E-state index in [1.807, 2.05) is 0 Å². The van der Waals surface area contributed by atoms with Gasteiger partial charge < -0.3 is 9.63 Å². The smallest absolute Gasteiger partial charge is 0.389 e. The van der Waals surface area contributed by atoms with Crippen LogP contribution in [0.1, 0.15) is 49.7 Å². The summed E-state index contributed by atoms with van der Waals surface area (Å²) in [5, 5.41) is 13.3. The van der Waals surface area contributed by atoms with E-state index in [9.17, 15) is 18.3 Å². The fraction of sp³-hybridized carbons (Fsp3) is 0.818. The highest BCUT2D eigenvalue weighted by Gasteiger charge is 2.31. The average molecular weight is 264 g/mol. The summed E-state index contributed by atoms with van der Waals surface area (Å²) in [6.45, 7) is 0. The number of aryl methyl sites for hydroxylation is 1. The minimum absolute atomic E-state index is 0.0556. The van der Waals surface area contributed by atoms with Crippen molar-refractivity contribution < 1.29 is 22.8 Å². The number of rotatable bonds is 3. The molecule has 1 aromatic rings. The third-order valence-corrected chi connectivity index (χ3v) is 3.16. The molecule has 2 unspecified atom stereocenters. The molecular weight excluding hydrogens is 249 g/mol. The topological polar surface area (TPSA) is 59.2 Å². The fourth-order valence-electron chi connectivity index (χ4n) is 2.17. The Hall–Kier alpha value is -1.11. The van der Waals surface area contributed by atoms with Crippen molar-refractivity contribution in [1.29, 1.82) is 0 Å². The van der Waals surface area contributed by atoms with Crippen molar-refractivity contribution in [3.05, 3.63) is 11.7 Å². The third kappa shape index (κ3) is 3.44. The molecule has 102 valence electrons. The van der Waals surface area contributed by atoms with Gasteiger partial charge >= 0.3 is 6.18 Å². The summed E-state index contributed by atoms with van der Waals surface area (Å²) in [7, 11) is 0. The normalized spacial score (nSPS) is 25.3. The van der Waals surface area contributed by atoms with E-state index in [0.29, 0.717) is 6.42 Å². The van der Waals surface area contributed by atoms with Gasteiger partial charge in [-0.3, -0.25) is 0 Å². The number of aliphatic hydroxyl groups is 1. The van der Waals surface area contributed by atoms with E-state index >= 15 is 0 Å². The highest BCUT2D eigenvalue weighted by atomic mass is 19.4. The quantitative estimate of drug-likeness (QED) is 0.911. The van der Waals surface area contributed by atoms with Gasteiger partial charge in [0.1, 0.15) is 0 Å². The predicted octanol–water partition coefficient (Wildman–Crippen LogP) is 2.58. The summed E-state index contributed by atoms with van der Waals surface area (Å²) in [6.07, 6.45) is -2.67. The van der Waals surface area contributed by atoms with Crippen molar-refractivity contribution in [3.63, 3.8) is 0 Å². The van der Waals surface area contributed by atoms with Crippen LogP contribution in [-0.4, -0.2) is 27.5 Å². The van der Waals surface area contributed by atoms with Crippen LogP contribution in [0, 0.1) is 0 Å². The van der Waals surface area contributed by atoms with Gasteiger partial charge in [0.05, 0.1) is 18.4 Å². The molecule has 0 bridgehead atoms. The first-order valence-corrected chi connectivity index (χ1v) is 6.03. The lowest BCUT2D eigenvalue weighted by Crippen LogP contribution is -2.22. The molecule has 0 saturated heterocycles. The maximum Gasteiger partial charge on any atom is 0.389 e. The van der Waals surface area contributed by atoms with E-state index < -0.39 is 18.7 Å². The average Bonchev–Trinajstić information content (AvgIpc) is 2.75. The van der Waals surface area contributed by atoms with E-state index in [1.165, 1.54) is 0 Å². The van der Waals surface area contributed by atoms with Crippen molar-refractivity contribution in [3.8, 4) is 0 Å². The highest BCUT2D eigenvalue weighted by molar-refractivity contribution is 4.99. The van der Waals surface area contributed by atoms with E-state index in [4.69, 9.17) is 4.52 Å². The van der Waals surface area contributed by atoms with Gasteiger partial charge in [-0.15, -0.1) is 0 Å². The van der Waals surface area contributed by atoms with E-state index in [2.05, 4.69) is 10.1 Å². The molecule has 0 radical (unpaired) electrons. The van der Waals surface area contributed by atoms with Gasteiger partial charge in [0, 0.05) is 6.42 Å². The van der Waals surface area contributed by atoms with Crippen LogP contribution in [0.15, 0.2) is 4.52 Å². The molecule has 2 rings (SSSR count). The molecule has 1 fully saturated rings. The molecule has 2 atom stereocenters. The Morgan fingerprint density at radius 3 is 2.67 bits per heavy atom. The maximum absolute atomic E-state index is 12.0. The summed E-state index contributed by atoms with van der Waals surface area (Å²) in [6, 6.07) is 0. The minimum atomic E-state index is -4.22. The molecule has 0 aromatic carbocycles. The van der Waals surface area contributed by atoms with Crippen LogP contribution in [0.2, 0.25) is 0 Å². The zero-order chi connectivity index (χ0) is 13.2. The van der Waals surface area contributed by atoms with Gasteiger partial charge in [0.2, 0.25) is 5.89 Å². The van der Waals surface area contributed by atoms with E-state index in [0.717, 1.165) is 19.3 Å². The van der Waals surface area contributed by atoms with Gasteiger partial charge in [0.15, 0.2) is 5.82 Å². The summed E-state index contributed by atoms with van der Waals surface area (Å²) < 4.78 is 41.1. The first kappa shape index (κ1) is 13.3. The fourth-order valence-corrected chi connectivity index (χ4v) is 2.17. The van der Waals surface area contributed by atoms with Gasteiger partial charge in [-0.2, -0.15) is 18.2 Å². The van der Waals surface area contributed by atoms with Crippen LogP contribution in [0.25, 0.3) is 0 Å². The summed E-state index contributed by atoms with van der Waals surface area (Å²) in [4.78, 5) is 3.95. The van der Waals surface area contributed by atoms with E-state index in [1.54, 1.807) is 0 Å². The van der Waals surface area contributed by atoms with Gasteiger partial charge in [0.25, 0.3) is 0 Å². The Kier molecular flexibility index (Phi) is 3.89. The van der Waals surface area contributed by atoms with Crippen molar-refractivity contribution in [2.75, 3.05) is 0 Å². The second-order valence-electron chi connectivity index (χ2n) is 4.62. The zero-order valence-corrected chi connectivity index (χ0v) is 9.78. The molecule has 1 aliphatic carbocycles. The molecular formula is C11H15F3N2O2. The molecule has 7 heteroatoms. The standard InChI is InChI=1S/C11H15F3N2O2/c12-11(13,14)6-5-9-15-10(18-16-9)7-3-1-2-4-8(7)17/h7-8,17H,1-6H2. The monoisotopic (exact) mass is 264 g/mol. The van der Waals surface area contributed by atoms with Crippen LogP contribution < -0.4 is 0 Å². The van der Waals surface area contributed by atoms with Gasteiger partial charge in [-0.05, 0) is 12.8 Å². The molecule has 1 N–H and O–H groups in total. The second-order valence-corrected chi connectivity index (χ2v) is 4.62. The summed E-state index contributed by atoms with van der Waals surface area (Å²) in [5.74, 6) is 0.0883. The highest BCUT2D eigenvalue weighted by Crippen LogP contribution is 2.32. The summed E-state index contributed by atoms with van der Waals surface area (Å²) in [5.41, 5.74) is 0. The number of aliphatic hydroxyl groups excluding tert-OH is 1. The van der Waals surface area contributed by atoms with Crippen molar-refractivity contribution >= 4 is 0 Å². The number of aromatic nitrogens is 2. The molecule has 0 spiro atoms. The second kappa shape index (κ2) is 5.26. The van der Waals surface area contributed by atoms with Crippen LogP contribution in [0.4, 0.5) is 13.2 Å². The number of halogens is 3. The van der Waals surface area contributed by atoms with Crippen LogP contribution >= 0.6 is 0 Å². The first-order valence-electron chi connectivity index (χ1n) is 6.03. The zero-order valence-electron chi connectivity index (χ0n) is 9.78. The Bertz CT molecular complexity index is 392. The molecule has 4 nitrogen and oxygen atoms in total. The van der Waals surface area contributed by atoms with Gasteiger partial charge in [-0.1, -0.05) is 18.0 Å². The SMILES string of the molecule is OC1CCCCC1c1nc(CCC(F)(F)F)no1. The largest absolute Gasteiger partial charge is 0.392 e. The molecule has 18 heavy (non-hydrogen) atoms. The molecule has 1 saturated carbocycles. The first-order chi connectivity index (χ1) is 8.46. The van der Waals surface area contributed by atoms with Crippen molar-refractivity contribution in [2.45, 2.75) is 56.7 Å². The molecule has 0 aliphatic heterocycles. The third-order valence-electron chi connectivity index (χ3n) is 3.16. The van der Waals surface area contributed by atoms with Crippen LogP contribution in [0.5, 0.6) is 0 Å². The van der Waals surface area contributed by atoms with Crippen LogP contribution in [0.3, 0.4) is 0 Å². The Balaban J connectivity index is 1.97. The lowest BCUT2D eigenvalue weighted by Gasteiger charge is -2.24. The molecule has 1 heterocycles. The number of hydrogen-bond donors (Lipinski definition) is 1. The number of alkyl halides is 3. The minimum Gasteiger partial charge on any atom is -0.392 e.